The van der Waals surface area contributed by atoms with E-state index in [1.54, 1.807) is 12.3 Å². The van der Waals surface area contributed by atoms with Gasteiger partial charge in [-0.1, -0.05) is 36.4 Å². The number of urea groups is 1. The lowest BCUT2D eigenvalue weighted by Crippen LogP contribution is -2.30. The summed E-state index contributed by atoms with van der Waals surface area (Å²) in [6.45, 7) is 0. The minimum atomic E-state index is -0.421. The van der Waals surface area contributed by atoms with E-state index in [1.807, 2.05) is 36.4 Å². The number of carbonyl (C=O) groups excluding carboxylic acids is 1. The lowest BCUT2D eigenvalue weighted by atomic mass is 10.0. The van der Waals surface area contributed by atoms with E-state index in [1.165, 1.54) is 12.5 Å². The number of carbonyl (C=O) groups is 1. The lowest BCUT2D eigenvalue weighted by molar-refractivity contribution is 0.204. The van der Waals surface area contributed by atoms with Gasteiger partial charge in [0.05, 0.1) is 11.2 Å². The summed E-state index contributed by atoms with van der Waals surface area (Å²) >= 11 is 0. The number of benzene rings is 1. The van der Waals surface area contributed by atoms with Crippen molar-refractivity contribution in [3.05, 3.63) is 84.5 Å². The van der Waals surface area contributed by atoms with E-state index in [2.05, 4.69) is 21.7 Å². The minimum absolute atomic E-state index is 0. The van der Waals surface area contributed by atoms with Crippen molar-refractivity contribution in [3.8, 4) is 0 Å². The summed E-state index contributed by atoms with van der Waals surface area (Å²) in [5, 5.41) is 6.33. The quantitative estimate of drug-likeness (QED) is 0.802. The molecule has 0 bridgehead atoms. The van der Waals surface area contributed by atoms with E-state index in [0.29, 0.717) is 11.4 Å². The molecule has 6 nitrogen and oxygen atoms in total. The molecule has 4 rings (SSSR count). The maximum Gasteiger partial charge on any atom is 0.326 e. The zero-order chi connectivity index (χ0) is 17.8. The number of halogens is 1. The van der Waals surface area contributed by atoms with Gasteiger partial charge in [0.2, 0.25) is 5.88 Å². The third-order valence-electron chi connectivity index (χ3n) is 4.03. The Hall–Kier alpha value is -3.25. The zero-order valence-corrected chi connectivity index (χ0v) is 15.2. The first-order valence-corrected chi connectivity index (χ1v) is 8.31. The van der Waals surface area contributed by atoms with Crippen LogP contribution in [-0.4, -0.2) is 11.0 Å². The fourth-order valence-electron chi connectivity index (χ4n) is 2.80. The van der Waals surface area contributed by atoms with Crippen LogP contribution in [0.4, 0.5) is 10.5 Å². The van der Waals surface area contributed by atoms with Gasteiger partial charge >= 0.3 is 6.03 Å². The molecule has 0 saturated carbocycles. The van der Waals surface area contributed by atoms with E-state index in [4.69, 9.17) is 9.47 Å². The number of para-hydroxylation sites is 1. The number of amides is 2. The Morgan fingerprint density at radius 1 is 1.11 bits per heavy atom. The molecule has 1 aliphatic heterocycles. The van der Waals surface area contributed by atoms with Gasteiger partial charge in [-0.15, -0.1) is 12.4 Å². The van der Waals surface area contributed by atoms with Gasteiger partial charge in [-0.25, -0.2) is 4.79 Å². The number of ether oxygens (including phenoxy) is 2. The second-order valence-electron chi connectivity index (χ2n) is 5.82. The minimum Gasteiger partial charge on any atom is -0.463 e. The van der Waals surface area contributed by atoms with Crippen LogP contribution in [0.25, 0.3) is 10.9 Å². The molecule has 0 atom stereocenters. The SMILES string of the molecule is Cl.O=C(NC1=COC=C(C2=CC=CCC2)O1)Nc1ccnc2ccccc12. The van der Waals surface area contributed by atoms with Crippen LogP contribution in [0, 0.1) is 0 Å². The van der Waals surface area contributed by atoms with Gasteiger partial charge in [-0.2, -0.15) is 0 Å². The smallest absolute Gasteiger partial charge is 0.326 e. The van der Waals surface area contributed by atoms with E-state index in [9.17, 15) is 4.79 Å². The summed E-state index contributed by atoms with van der Waals surface area (Å²) in [7, 11) is 0. The van der Waals surface area contributed by atoms with Gasteiger partial charge in [0.15, 0.2) is 12.0 Å². The van der Waals surface area contributed by atoms with Crippen molar-refractivity contribution >= 4 is 35.0 Å². The summed E-state index contributed by atoms with van der Waals surface area (Å²) in [6, 6.07) is 8.93. The Kier molecular flexibility index (Phi) is 5.78. The van der Waals surface area contributed by atoms with Crippen molar-refractivity contribution in [2.75, 3.05) is 5.32 Å². The van der Waals surface area contributed by atoms with Crippen LogP contribution < -0.4 is 10.6 Å². The van der Waals surface area contributed by atoms with Crippen LogP contribution in [0.5, 0.6) is 0 Å². The van der Waals surface area contributed by atoms with Crippen molar-refractivity contribution in [1.29, 1.82) is 0 Å². The number of nitrogens with one attached hydrogen (secondary N) is 2. The standard InChI is InChI=1S/C20H17N3O3.ClH/c24-20(22-17-10-11-21-16-9-5-4-8-15(16)17)23-19-13-25-12-18(26-19)14-6-2-1-3-7-14;/h1-2,4-6,8-13H,3,7H2,(H2,21,22,23,24);1H. The topological polar surface area (TPSA) is 72.5 Å². The number of fused-ring (bicyclic) bond motifs is 1. The molecule has 1 aromatic carbocycles. The predicted molar refractivity (Wildman–Crippen MR) is 106 cm³/mol. The Labute approximate surface area is 162 Å². The molecule has 0 fully saturated rings. The monoisotopic (exact) mass is 383 g/mol. The molecule has 2 heterocycles. The number of anilines is 1. The molecular formula is C20H18ClN3O3. The first-order valence-electron chi connectivity index (χ1n) is 8.31. The fourth-order valence-corrected chi connectivity index (χ4v) is 2.80. The van der Waals surface area contributed by atoms with Crippen molar-refractivity contribution in [1.82, 2.24) is 10.3 Å². The van der Waals surface area contributed by atoms with Crippen LogP contribution in [0.15, 0.2) is 84.5 Å². The number of pyridine rings is 1. The van der Waals surface area contributed by atoms with Gasteiger partial charge in [-0.05, 0) is 30.5 Å². The largest absolute Gasteiger partial charge is 0.463 e. The van der Waals surface area contributed by atoms with Crippen LogP contribution in [0.1, 0.15) is 12.8 Å². The molecule has 1 aliphatic carbocycles. The molecule has 1 aromatic heterocycles. The van der Waals surface area contributed by atoms with E-state index in [-0.39, 0.29) is 18.3 Å². The van der Waals surface area contributed by atoms with Gasteiger partial charge in [0.1, 0.15) is 6.26 Å². The molecule has 2 N–H and O–H groups in total. The molecule has 0 radical (unpaired) electrons. The predicted octanol–water partition coefficient (Wildman–Crippen LogP) is 4.74. The average Bonchev–Trinajstić information content (AvgIpc) is 2.69. The Morgan fingerprint density at radius 3 is 2.85 bits per heavy atom. The van der Waals surface area contributed by atoms with Gasteiger partial charge in [-0.3, -0.25) is 10.3 Å². The summed E-state index contributed by atoms with van der Waals surface area (Å²) in [6.07, 6.45) is 12.4. The Balaban J connectivity index is 0.00000210. The molecule has 0 unspecified atom stereocenters. The molecular weight excluding hydrogens is 366 g/mol. The zero-order valence-electron chi connectivity index (χ0n) is 14.3. The van der Waals surface area contributed by atoms with Crippen LogP contribution >= 0.6 is 12.4 Å². The highest BCUT2D eigenvalue weighted by molar-refractivity contribution is 6.00. The maximum atomic E-state index is 12.3. The van der Waals surface area contributed by atoms with Crippen molar-refractivity contribution in [2.45, 2.75) is 12.8 Å². The fraction of sp³-hybridized carbons (Fsp3) is 0.100. The maximum absolute atomic E-state index is 12.3. The van der Waals surface area contributed by atoms with E-state index >= 15 is 0 Å². The third-order valence-corrected chi connectivity index (χ3v) is 4.03. The number of rotatable bonds is 3. The van der Waals surface area contributed by atoms with Gasteiger partial charge in [0, 0.05) is 11.6 Å². The van der Waals surface area contributed by atoms with E-state index < -0.39 is 6.03 Å². The number of allylic oxidation sites excluding steroid dienone is 4. The second-order valence-corrected chi connectivity index (χ2v) is 5.82. The second kappa shape index (κ2) is 8.42. The molecule has 2 aromatic rings. The summed E-state index contributed by atoms with van der Waals surface area (Å²) < 4.78 is 11.0. The third kappa shape index (κ3) is 4.30. The van der Waals surface area contributed by atoms with E-state index in [0.717, 1.165) is 29.3 Å². The normalized spacial score (nSPS) is 15.3. The summed E-state index contributed by atoms with van der Waals surface area (Å²) in [4.78, 5) is 16.6. The number of hydrogen-bond acceptors (Lipinski definition) is 4. The van der Waals surface area contributed by atoms with Gasteiger partial charge in [0.25, 0.3) is 0 Å². The highest BCUT2D eigenvalue weighted by Crippen LogP contribution is 2.25. The first-order chi connectivity index (χ1) is 12.8. The first kappa shape index (κ1) is 18.5. The molecule has 0 saturated heterocycles. The Bertz CT molecular complexity index is 974. The summed E-state index contributed by atoms with van der Waals surface area (Å²) in [5.74, 6) is 0.829. The number of hydrogen-bond donors (Lipinski definition) is 2. The number of nitrogens with zero attached hydrogens (tertiary/aromatic N) is 1. The molecule has 7 heteroatoms. The molecule has 0 spiro atoms. The van der Waals surface area contributed by atoms with Gasteiger partial charge < -0.3 is 14.8 Å². The van der Waals surface area contributed by atoms with Crippen LogP contribution in [0.3, 0.4) is 0 Å². The molecule has 138 valence electrons. The summed E-state index contributed by atoms with van der Waals surface area (Å²) in [5.41, 5.74) is 2.51. The molecule has 2 amide bonds. The van der Waals surface area contributed by atoms with Crippen molar-refractivity contribution in [3.63, 3.8) is 0 Å². The van der Waals surface area contributed by atoms with Crippen LogP contribution in [0.2, 0.25) is 0 Å². The highest BCUT2D eigenvalue weighted by atomic mass is 35.5. The highest BCUT2D eigenvalue weighted by Gasteiger charge is 2.17. The van der Waals surface area contributed by atoms with Crippen LogP contribution in [-0.2, 0) is 9.47 Å². The lowest BCUT2D eigenvalue weighted by Gasteiger charge is -2.20. The molecule has 2 aliphatic rings. The average molecular weight is 384 g/mol. The number of aromatic nitrogens is 1. The molecule has 27 heavy (non-hydrogen) atoms. The van der Waals surface area contributed by atoms with Crippen molar-refractivity contribution < 1.29 is 14.3 Å². The van der Waals surface area contributed by atoms with Crippen molar-refractivity contribution in [2.24, 2.45) is 0 Å². The Morgan fingerprint density at radius 2 is 2.00 bits per heavy atom.